The standard InChI is InChI=1S/C24H18F3N3O3S/c25-18-6-2-4-8-20(18)28-21(31)13-14-34-24-29-19-7-3-1-5-17(19)22(32)30(24)15-9-11-16(12-10-15)33-23(26)27/h1-12,23H,13-14H2,(H,28,31). The zero-order valence-corrected chi connectivity index (χ0v) is 18.4. The average Bonchev–Trinajstić information content (AvgIpc) is 2.81. The normalized spacial score (nSPS) is 11.1. The molecule has 1 aromatic heterocycles. The molecule has 0 fully saturated rings. The predicted molar refractivity (Wildman–Crippen MR) is 124 cm³/mol. The summed E-state index contributed by atoms with van der Waals surface area (Å²) < 4.78 is 44.4. The Bertz CT molecular complexity index is 1380. The molecule has 0 aliphatic heterocycles. The second-order valence-electron chi connectivity index (χ2n) is 7.05. The van der Waals surface area contributed by atoms with Gasteiger partial charge in [0.15, 0.2) is 5.16 Å². The van der Waals surface area contributed by atoms with Gasteiger partial charge in [0.2, 0.25) is 5.91 Å². The van der Waals surface area contributed by atoms with Crippen molar-refractivity contribution < 1.29 is 22.7 Å². The van der Waals surface area contributed by atoms with Crippen LogP contribution in [-0.4, -0.2) is 27.8 Å². The Labute approximate surface area is 196 Å². The summed E-state index contributed by atoms with van der Waals surface area (Å²) in [6.45, 7) is -2.96. The van der Waals surface area contributed by atoms with E-state index in [9.17, 15) is 22.8 Å². The molecule has 34 heavy (non-hydrogen) atoms. The molecule has 3 aromatic carbocycles. The molecule has 174 valence electrons. The van der Waals surface area contributed by atoms with E-state index in [4.69, 9.17) is 0 Å². The van der Waals surface area contributed by atoms with Crippen LogP contribution >= 0.6 is 11.8 Å². The van der Waals surface area contributed by atoms with Crippen LogP contribution in [0.5, 0.6) is 5.75 Å². The first-order valence-corrected chi connectivity index (χ1v) is 11.1. The fourth-order valence-electron chi connectivity index (χ4n) is 3.22. The van der Waals surface area contributed by atoms with E-state index >= 15 is 0 Å². The van der Waals surface area contributed by atoms with E-state index in [1.165, 1.54) is 58.8 Å². The number of hydrogen-bond acceptors (Lipinski definition) is 5. The Morgan fingerprint density at radius 2 is 1.74 bits per heavy atom. The van der Waals surface area contributed by atoms with Gasteiger partial charge in [-0.1, -0.05) is 36.0 Å². The number of halogens is 3. The molecule has 0 unspecified atom stereocenters. The summed E-state index contributed by atoms with van der Waals surface area (Å²) in [4.78, 5) is 30.0. The fraction of sp³-hybridized carbons (Fsp3) is 0.125. The highest BCUT2D eigenvalue weighted by Crippen LogP contribution is 2.24. The number of rotatable bonds is 8. The van der Waals surface area contributed by atoms with Crippen LogP contribution in [0.2, 0.25) is 0 Å². The van der Waals surface area contributed by atoms with E-state index in [2.05, 4.69) is 15.0 Å². The van der Waals surface area contributed by atoms with Crippen molar-refractivity contribution in [1.82, 2.24) is 9.55 Å². The van der Waals surface area contributed by atoms with Gasteiger partial charge in [-0.15, -0.1) is 0 Å². The quantitative estimate of drug-likeness (QED) is 0.273. The highest BCUT2D eigenvalue weighted by Gasteiger charge is 2.15. The summed E-state index contributed by atoms with van der Waals surface area (Å²) in [5, 5.41) is 3.22. The van der Waals surface area contributed by atoms with Crippen molar-refractivity contribution in [3.05, 3.63) is 89.0 Å². The molecule has 0 saturated carbocycles. The SMILES string of the molecule is O=C(CCSc1nc2ccccc2c(=O)n1-c1ccc(OC(F)F)cc1)Nc1ccccc1F. The molecule has 1 heterocycles. The number of nitrogens with zero attached hydrogens (tertiary/aromatic N) is 2. The van der Waals surface area contributed by atoms with Gasteiger partial charge < -0.3 is 10.1 Å². The van der Waals surface area contributed by atoms with Crippen LogP contribution in [0.15, 0.2) is 82.7 Å². The van der Waals surface area contributed by atoms with Gasteiger partial charge in [-0.25, -0.2) is 9.37 Å². The number of carbonyl (C=O) groups excluding carboxylic acids is 1. The summed E-state index contributed by atoms with van der Waals surface area (Å²) in [5.74, 6) is -0.703. The topological polar surface area (TPSA) is 73.2 Å². The monoisotopic (exact) mass is 485 g/mol. The molecule has 1 N–H and O–H groups in total. The molecular weight excluding hydrogens is 467 g/mol. The zero-order valence-electron chi connectivity index (χ0n) is 17.6. The van der Waals surface area contributed by atoms with E-state index in [1.807, 2.05) is 0 Å². The number of fused-ring (bicyclic) bond motifs is 1. The lowest BCUT2D eigenvalue weighted by Gasteiger charge is -2.14. The van der Waals surface area contributed by atoms with Crippen molar-refractivity contribution in [2.24, 2.45) is 0 Å². The minimum atomic E-state index is -2.96. The summed E-state index contributed by atoms with van der Waals surface area (Å²) >= 11 is 1.17. The van der Waals surface area contributed by atoms with Crippen LogP contribution in [0, 0.1) is 5.82 Å². The van der Waals surface area contributed by atoms with E-state index in [1.54, 1.807) is 30.3 Å². The maximum Gasteiger partial charge on any atom is 0.387 e. The lowest BCUT2D eigenvalue weighted by molar-refractivity contribution is -0.115. The van der Waals surface area contributed by atoms with Crippen LogP contribution in [0.3, 0.4) is 0 Å². The lowest BCUT2D eigenvalue weighted by Crippen LogP contribution is -2.22. The van der Waals surface area contributed by atoms with Crippen molar-refractivity contribution >= 4 is 34.3 Å². The van der Waals surface area contributed by atoms with Crippen molar-refractivity contribution in [3.8, 4) is 11.4 Å². The summed E-state index contributed by atoms with van der Waals surface area (Å²) in [7, 11) is 0. The lowest BCUT2D eigenvalue weighted by atomic mass is 10.2. The van der Waals surface area contributed by atoms with Gasteiger partial charge in [-0.05, 0) is 48.5 Å². The minimum Gasteiger partial charge on any atom is -0.435 e. The molecule has 1 amide bonds. The third kappa shape index (κ3) is 5.40. The van der Waals surface area contributed by atoms with Gasteiger partial charge >= 0.3 is 6.61 Å². The Balaban J connectivity index is 1.58. The number of thioether (sulfide) groups is 1. The first-order chi connectivity index (χ1) is 16.4. The number of benzene rings is 3. The molecule has 0 bridgehead atoms. The first kappa shape index (κ1) is 23.4. The van der Waals surface area contributed by atoms with Gasteiger partial charge in [0.05, 0.1) is 22.3 Å². The Kier molecular flexibility index (Phi) is 7.17. The van der Waals surface area contributed by atoms with E-state index in [-0.39, 0.29) is 35.1 Å². The van der Waals surface area contributed by atoms with Crippen molar-refractivity contribution in [2.45, 2.75) is 18.2 Å². The fourth-order valence-corrected chi connectivity index (χ4v) is 4.17. The molecule has 4 rings (SSSR count). The summed E-state index contributed by atoms with van der Waals surface area (Å²) in [6, 6.07) is 18.3. The molecule has 0 atom stereocenters. The first-order valence-electron chi connectivity index (χ1n) is 10.2. The molecule has 0 aliphatic rings. The molecule has 6 nitrogen and oxygen atoms in total. The highest BCUT2D eigenvalue weighted by molar-refractivity contribution is 7.99. The summed E-state index contributed by atoms with van der Waals surface area (Å²) in [6.07, 6.45) is 0.0445. The number of para-hydroxylation sites is 2. The molecule has 0 spiro atoms. The van der Waals surface area contributed by atoms with E-state index in [0.29, 0.717) is 21.7 Å². The van der Waals surface area contributed by atoms with Crippen LogP contribution in [-0.2, 0) is 4.79 Å². The number of amides is 1. The molecular formula is C24H18F3N3O3S. The van der Waals surface area contributed by atoms with Gasteiger partial charge in [-0.2, -0.15) is 8.78 Å². The van der Waals surface area contributed by atoms with Crippen LogP contribution in [0.4, 0.5) is 18.9 Å². The van der Waals surface area contributed by atoms with Crippen LogP contribution < -0.4 is 15.6 Å². The van der Waals surface area contributed by atoms with Gasteiger partial charge in [0.1, 0.15) is 11.6 Å². The Hall–Kier alpha value is -3.79. The molecule has 0 radical (unpaired) electrons. The second kappa shape index (κ2) is 10.4. The zero-order chi connectivity index (χ0) is 24.1. The maximum atomic E-state index is 13.8. The molecule has 0 aliphatic carbocycles. The maximum absolute atomic E-state index is 13.8. The number of alkyl halides is 2. The van der Waals surface area contributed by atoms with E-state index in [0.717, 1.165) is 0 Å². The van der Waals surface area contributed by atoms with Crippen LogP contribution in [0.1, 0.15) is 6.42 Å². The summed E-state index contributed by atoms with van der Waals surface area (Å²) in [5.41, 5.74) is 0.638. The third-order valence-corrected chi connectivity index (χ3v) is 5.71. The third-order valence-electron chi connectivity index (χ3n) is 4.77. The largest absolute Gasteiger partial charge is 0.435 e. The number of hydrogen-bond donors (Lipinski definition) is 1. The van der Waals surface area contributed by atoms with Crippen molar-refractivity contribution in [1.29, 1.82) is 0 Å². The van der Waals surface area contributed by atoms with Crippen molar-refractivity contribution in [2.75, 3.05) is 11.1 Å². The van der Waals surface area contributed by atoms with Gasteiger partial charge in [-0.3, -0.25) is 14.2 Å². The van der Waals surface area contributed by atoms with Crippen LogP contribution in [0.25, 0.3) is 16.6 Å². The smallest absolute Gasteiger partial charge is 0.387 e. The number of carbonyl (C=O) groups is 1. The number of aromatic nitrogens is 2. The van der Waals surface area contributed by atoms with Gasteiger partial charge in [0, 0.05) is 12.2 Å². The predicted octanol–water partition coefficient (Wildman–Crippen LogP) is 5.25. The molecule has 4 aromatic rings. The van der Waals surface area contributed by atoms with Gasteiger partial charge in [0.25, 0.3) is 5.56 Å². The number of anilines is 1. The molecule has 0 saturated heterocycles. The van der Waals surface area contributed by atoms with Crippen molar-refractivity contribution in [3.63, 3.8) is 0 Å². The molecule has 10 heteroatoms. The number of ether oxygens (including phenoxy) is 1. The minimum absolute atomic E-state index is 0.0421. The Morgan fingerprint density at radius 1 is 1.03 bits per heavy atom. The highest BCUT2D eigenvalue weighted by atomic mass is 32.2. The number of nitrogens with one attached hydrogen (secondary N) is 1. The van der Waals surface area contributed by atoms with E-state index < -0.39 is 12.4 Å². The second-order valence-corrected chi connectivity index (χ2v) is 8.11. The average molecular weight is 485 g/mol. The Morgan fingerprint density at radius 3 is 2.47 bits per heavy atom.